The van der Waals surface area contributed by atoms with Gasteiger partial charge in [0.05, 0.1) is 43.8 Å². The molecule has 1 unspecified atom stereocenters. The van der Waals surface area contributed by atoms with Crippen molar-refractivity contribution in [3.63, 3.8) is 0 Å². The number of methoxy groups -OCH3 is 2. The monoisotopic (exact) mass is 474 g/mol. The SMILES string of the molecule is COC(=O)C1=C(C(=O)OC)N(c2cccc(CC(=O)N(C)C)c2)C(N)=C(C#N)C1c1ccccc1. The van der Waals surface area contributed by atoms with Crippen LogP contribution in [0.2, 0.25) is 0 Å². The lowest BCUT2D eigenvalue weighted by Crippen LogP contribution is -2.40. The van der Waals surface area contributed by atoms with Crippen molar-refractivity contribution in [2.24, 2.45) is 5.73 Å². The third-order valence-corrected chi connectivity index (χ3v) is 5.63. The first-order chi connectivity index (χ1) is 16.7. The number of carbonyl (C=O) groups is 3. The van der Waals surface area contributed by atoms with Crippen LogP contribution in [0.1, 0.15) is 17.0 Å². The lowest BCUT2D eigenvalue weighted by atomic mass is 9.81. The Morgan fingerprint density at radius 1 is 1.03 bits per heavy atom. The predicted octanol–water partition coefficient (Wildman–Crippen LogP) is 2.22. The molecule has 0 spiro atoms. The van der Waals surface area contributed by atoms with Crippen LogP contribution < -0.4 is 10.6 Å². The minimum atomic E-state index is -0.947. The number of carbonyl (C=O) groups excluding carboxylic acids is 3. The second kappa shape index (κ2) is 10.6. The summed E-state index contributed by atoms with van der Waals surface area (Å²) in [5.74, 6) is -2.74. The van der Waals surface area contributed by atoms with Gasteiger partial charge in [-0.2, -0.15) is 5.26 Å². The maximum absolute atomic E-state index is 13.1. The number of ether oxygens (including phenoxy) is 2. The number of nitrogens with zero attached hydrogens (tertiary/aromatic N) is 3. The van der Waals surface area contributed by atoms with Crippen molar-refractivity contribution in [3.05, 3.63) is 88.4 Å². The van der Waals surface area contributed by atoms with Crippen LogP contribution in [0.4, 0.5) is 5.69 Å². The average Bonchev–Trinajstić information content (AvgIpc) is 2.87. The molecule has 1 amide bonds. The summed E-state index contributed by atoms with van der Waals surface area (Å²) in [6.45, 7) is 0. The van der Waals surface area contributed by atoms with Gasteiger partial charge in [0.15, 0.2) is 0 Å². The first-order valence-corrected chi connectivity index (χ1v) is 10.7. The van der Waals surface area contributed by atoms with Gasteiger partial charge >= 0.3 is 11.9 Å². The highest BCUT2D eigenvalue weighted by atomic mass is 16.5. The Kier molecular flexibility index (Phi) is 7.56. The fourth-order valence-corrected chi connectivity index (χ4v) is 3.92. The zero-order valence-electron chi connectivity index (χ0n) is 19.9. The lowest BCUT2D eigenvalue weighted by molar-refractivity contribution is -0.139. The van der Waals surface area contributed by atoms with Crippen LogP contribution in [-0.2, 0) is 30.3 Å². The highest BCUT2D eigenvalue weighted by Crippen LogP contribution is 2.43. The van der Waals surface area contributed by atoms with Crippen LogP contribution in [0.5, 0.6) is 0 Å². The van der Waals surface area contributed by atoms with Gasteiger partial charge in [-0.1, -0.05) is 42.5 Å². The Hall–Kier alpha value is -4.58. The molecule has 9 nitrogen and oxygen atoms in total. The number of nitriles is 1. The summed E-state index contributed by atoms with van der Waals surface area (Å²) in [6, 6.07) is 17.7. The molecule has 0 saturated heterocycles. The fourth-order valence-electron chi connectivity index (χ4n) is 3.92. The largest absolute Gasteiger partial charge is 0.466 e. The number of hydrogen-bond acceptors (Lipinski definition) is 8. The number of benzene rings is 2. The molecular formula is C26H26N4O5. The van der Waals surface area contributed by atoms with Gasteiger partial charge in [-0.25, -0.2) is 9.59 Å². The van der Waals surface area contributed by atoms with Crippen LogP contribution in [0, 0.1) is 11.3 Å². The number of anilines is 1. The smallest absolute Gasteiger partial charge is 0.355 e. The number of likely N-dealkylation sites (N-methyl/N-ethyl adjacent to an activating group) is 1. The quantitative estimate of drug-likeness (QED) is 0.632. The van der Waals surface area contributed by atoms with Gasteiger partial charge in [0.1, 0.15) is 11.5 Å². The first kappa shape index (κ1) is 25.1. The van der Waals surface area contributed by atoms with Crippen molar-refractivity contribution in [2.45, 2.75) is 12.3 Å². The molecule has 2 N–H and O–H groups in total. The summed E-state index contributed by atoms with van der Waals surface area (Å²) in [5.41, 5.74) is 7.94. The van der Waals surface area contributed by atoms with Crippen molar-refractivity contribution in [2.75, 3.05) is 33.2 Å². The van der Waals surface area contributed by atoms with Gasteiger partial charge in [-0.15, -0.1) is 0 Å². The average molecular weight is 475 g/mol. The van der Waals surface area contributed by atoms with E-state index in [1.165, 1.54) is 24.0 Å². The van der Waals surface area contributed by atoms with Crippen LogP contribution >= 0.6 is 0 Å². The standard InChI is InChI=1S/C26H26N4O5/c1-29(2)20(31)14-16-9-8-12-18(13-16)30-23(26(33)35-4)22(25(32)34-3)21(19(15-27)24(30)28)17-10-6-5-7-11-17/h5-13,21H,14,28H2,1-4H3. The highest BCUT2D eigenvalue weighted by molar-refractivity contribution is 6.06. The topological polar surface area (TPSA) is 126 Å². The maximum Gasteiger partial charge on any atom is 0.355 e. The van der Waals surface area contributed by atoms with Gasteiger partial charge in [0.25, 0.3) is 0 Å². The van der Waals surface area contributed by atoms with Gasteiger partial charge in [-0.05, 0) is 23.3 Å². The normalized spacial score (nSPS) is 15.4. The minimum absolute atomic E-state index is 0.0366. The molecule has 3 rings (SSSR count). The molecule has 0 aromatic heterocycles. The Morgan fingerprint density at radius 3 is 2.26 bits per heavy atom. The molecule has 2 aromatic carbocycles. The van der Waals surface area contributed by atoms with E-state index in [9.17, 15) is 19.6 Å². The summed E-state index contributed by atoms with van der Waals surface area (Å²) >= 11 is 0. The van der Waals surface area contributed by atoms with Crippen molar-refractivity contribution in [1.29, 1.82) is 5.26 Å². The summed E-state index contributed by atoms with van der Waals surface area (Å²) in [4.78, 5) is 41.2. The molecule has 0 bridgehead atoms. The van der Waals surface area contributed by atoms with E-state index in [2.05, 4.69) is 6.07 Å². The third-order valence-electron chi connectivity index (χ3n) is 5.63. The van der Waals surface area contributed by atoms with Gasteiger partial charge in [-0.3, -0.25) is 9.69 Å². The van der Waals surface area contributed by atoms with Crippen LogP contribution in [0.3, 0.4) is 0 Å². The second-order valence-corrected chi connectivity index (χ2v) is 7.97. The molecule has 1 aliphatic rings. The van der Waals surface area contributed by atoms with E-state index in [1.807, 2.05) is 0 Å². The summed E-state index contributed by atoms with van der Waals surface area (Å²) in [5, 5.41) is 10.1. The van der Waals surface area contributed by atoms with Gasteiger partial charge in [0, 0.05) is 19.8 Å². The van der Waals surface area contributed by atoms with Crippen LogP contribution in [-0.4, -0.2) is 51.1 Å². The van der Waals surface area contributed by atoms with E-state index in [0.29, 0.717) is 16.8 Å². The molecule has 0 saturated carbocycles. The Morgan fingerprint density at radius 2 is 1.69 bits per heavy atom. The molecule has 9 heteroatoms. The van der Waals surface area contributed by atoms with Gasteiger partial charge < -0.3 is 20.1 Å². The third kappa shape index (κ3) is 4.87. The molecule has 0 fully saturated rings. The molecule has 1 heterocycles. The van der Waals surface area contributed by atoms with Crippen molar-refractivity contribution >= 4 is 23.5 Å². The molecular weight excluding hydrogens is 448 g/mol. The predicted molar refractivity (Wildman–Crippen MR) is 128 cm³/mol. The molecule has 1 atom stereocenters. The highest BCUT2D eigenvalue weighted by Gasteiger charge is 2.43. The molecule has 0 aliphatic carbocycles. The van der Waals surface area contributed by atoms with Gasteiger partial charge in [0.2, 0.25) is 5.91 Å². The molecule has 35 heavy (non-hydrogen) atoms. The molecule has 180 valence electrons. The summed E-state index contributed by atoms with van der Waals surface area (Å²) in [6.07, 6.45) is 0.108. The zero-order valence-corrected chi connectivity index (χ0v) is 19.9. The Balaban J connectivity index is 2.31. The van der Waals surface area contributed by atoms with E-state index in [1.54, 1.807) is 68.7 Å². The van der Waals surface area contributed by atoms with Crippen molar-refractivity contribution in [1.82, 2.24) is 4.90 Å². The van der Waals surface area contributed by atoms with Crippen molar-refractivity contribution in [3.8, 4) is 6.07 Å². The van der Waals surface area contributed by atoms with Crippen molar-refractivity contribution < 1.29 is 23.9 Å². The van der Waals surface area contributed by atoms with E-state index in [-0.39, 0.29) is 35.0 Å². The number of esters is 2. The zero-order chi connectivity index (χ0) is 25.7. The Labute approximate surface area is 203 Å². The Bertz CT molecular complexity index is 1260. The molecule has 0 radical (unpaired) electrons. The summed E-state index contributed by atoms with van der Waals surface area (Å²) in [7, 11) is 5.69. The van der Waals surface area contributed by atoms with E-state index in [4.69, 9.17) is 15.2 Å². The van der Waals surface area contributed by atoms with E-state index in [0.717, 1.165) is 0 Å². The first-order valence-electron chi connectivity index (χ1n) is 10.7. The number of rotatable bonds is 6. The maximum atomic E-state index is 13.1. The van der Waals surface area contributed by atoms with Crippen LogP contribution in [0.15, 0.2) is 77.3 Å². The summed E-state index contributed by atoms with van der Waals surface area (Å²) < 4.78 is 10.1. The number of hydrogen-bond donors (Lipinski definition) is 1. The minimum Gasteiger partial charge on any atom is -0.466 e. The van der Waals surface area contributed by atoms with E-state index < -0.39 is 17.9 Å². The number of amides is 1. The fraction of sp³-hybridized carbons (Fsp3) is 0.231. The molecule has 1 aliphatic heterocycles. The van der Waals surface area contributed by atoms with Crippen LogP contribution in [0.25, 0.3) is 0 Å². The second-order valence-electron chi connectivity index (χ2n) is 7.97. The van der Waals surface area contributed by atoms with E-state index >= 15 is 0 Å². The molecule has 2 aromatic rings. The lowest BCUT2D eigenvalue weighted by Gasteiger charge is -2.36. The number of nitrogens with two attached hydrogens (primary N) is 1. The number of allylic oxidation sites excluding steroid dienone is 1.